The van der Waals surface area contributed by atoms with Gasteiger partial charge in [0.1, 0.15) is 11.5 Å². The number of hydrogen-bond donors (Lipinski definition) is 2. The molecule has 1 atom stereocenters. The van der Waals surface area contributed by atoms with Crippen LogP contribution in [0.1, 0.15) is 22.8 Å². The molecule has 0 fully saturated rings. The third kappa shape index (κ3) is 4.74. The summed E-state index contributed by atoms with van der Waals surface area (Å²) in [5, 5.41) is 2.77. The third-order valence-electron chi connectivity index (χ3n) is 3.42. The minimum Gasteiger partial charge on any atom is -0.497 e. The van der Waals surface area contributed by atoms with E-state index in [0.29, 0.717) is 17.1 Å². The van der Waals surface area contributed by atoms with Crippen LogP contribution in [0.3, 0.4) is 0 Å². The number of carbonyl (C=O) groups excluding carboxylic acids is 2. The highest BCUT2D eigenvalue weighted by Gasteiger charge is 2.14. The van der Waals surface area contributed by atoms with E-state index in [4.69, 9.17) is 15.2 Å². The van der Waals surface area contributed by atoms with Crippen molar-refractivity contribution in [2.24, 2.45) is 5.73 Å². The minimum atomic E-state index is -0.655. The monoisotopic (exact) mass is 328 g/mol. The average Bonchev–Trinajstić information content (AvgIpc) is 2.60. The second-order valence-electron chi connectivity index (χ2n) is 5.22. The Bertz CT molecular complexity index is 713. The lowest BCUT2D eigenvalue weighted by molar-refractivity contribution is -0.127. The maximum absolute atomic E-state index is 12.1. The highest BCUT2D eigenvalue weighted by molar-refractivity contribution is 5.92. The second-order valence-corrected chi connectivity index (χ2v) is 5.22. The van der Waals surface area contributed by atoms with Crippen molar-refractivity contribution >= 4 is 11.8 Å². The molecule has 126 valence electrons. The second kappa shape index (κ2) is 8.01. The Balaban J connectivity index is 1.89. The van der Waals surface area contributed by atoms with E-state index in [1.807, 2.05) is 6.07 Å². The van der Waals surface area contributed by atoms with Gasteiger partial charge in [0.2, 0.25) is 5.91 Å². The standard InChI is InChI=1S/C18H20N2O4/c1-12(24-16-8-6-15(23-2)7-9-16)18(22)20-11-13-4-3-5-14(10-13)17(19)21/h3-10,12H,11H2,1-2H3,(H2,19,21)(H,20,22). The molecule has 1 unspecified atom stereocenters. The van der Waals surface area contributed by atoms with Gasteiger partial charge in [-0.25, -0.2) is 0 Å². The van der Waals surface area contributed by atoms with Gasteiger partial charge in [0.15, 0.2) is 6.10 Å². The van der Waals surface area contributed by atoms with Crippen molar-refractivity contribution in [1.82, 2.24) is 5.32 Å². The van der Waals surface area contributed by atoms with Crippen molar-refractivity contribution in [3.8, 4) is 11.5 Å². The molecule has 24 heavy (non-hydrogen) atoms. The van der Waals surface area contributed by atoms with E-state index in [2.05, 4.69) is 5.32 Å². The number of rotatable bonds is 7. The molecule has 0 saturated heterocycles. The van der Waals surface area contributed by atoms with Crippen LogP contribution in [0.4, 0.5) is 0 Å². The van der Waals surface area contributed by atoms with Crippen molar-refractivity contribution in [1.29, 1.82) is 0 Å². The lowest BCUT2D eigenvalue weighted by Crippen LogP contribution is -2.35. The fraction of sp³-hybridized carbons (Fsp3) is 0.222. The van der Waals surface area contributed by atoms with Gasteiger partial charge < -0.3 is 20.5 Å². The van der Waals surface area contributed by atoms with E-state index in [-0.39, 0.29) is 12.5 Å². The molecule has 0 aliphatic carbocycles. The van der Waals surface area contributed by atoms with Gasteiger partial charge >= 0.3 is 0 Å². The third-order valence-corrected chi connectivity index (χ3v) is 3.42. The molecule has 0 aliphatic rings. The van der Waals surface area contributed by atoms with Crippen LogP contribution in [0.2, 0.25) is 0 Å². The summed E-state index contributed by atoms with van der Waals surface area (Å²) < 4.78 is 10.7. The number of primary amides is 1. The Morgan fingerprint density at radius 1 is 1.12 bits per heavy atom. The Labute approximate surface area is 140 Å². The van der Waals surface area contributed by atoms with Crippen LogP contribution in [-0.2, 0) is 11.3 Å². The van der Waals surface area contributed by atoms with Gasteiger partial charge in [-0.3, -0.25) is 9.59 Å². The summed E-state index contributed by atoms with van der Waals surface area (Å²) in [4.78, 5) is 23.3. The number of hydrogen-bond acceptors (Lipinski definition) is 4. The van der Waals surface area contributed by atoms with Crippen LogP contribution in [0.5, 0.6) is 11.5 Å². The number of nitrogens with two attached hydrogens (primary N) is 1. The number of benzene rings is 2. The fourth-order valence-corrected chi connectivity index (χ4v) is 2.08. The van der Waals surface area contributed by atoms with E-state index in [1.54, 1.807) is 56.5 Å². The normalized spacial score (nSPS) is 11.4. The van der Waals surface area contributed by atoms with Gasteiger partial charge in [0, 0.05) is 12.1 Å². The van der Waals surface area contributed by atoms with E-state index in [1.165, 1.54) is 0 Å². The van der Waals surface area contributed by atoms with Crippen LogP contribution >= 0.6 is 0 Å². The highest BCUT2D eigenvalue weighted by atomic mass is 16.5. The van der Waals surface area contributed by atoms with E-state index in [0.717, 1.165) is 5.56 Å². The SMILES string of the molecule is COc1ccc(OC(C)C(=O)NCc2cccc(C(N)=O)c2)cc1. The smallest absolute Gasteiger partial charge is 0.261 e. The molecule has 2 amide bonds. The molecular formula is C18H20N2O4. The minimum absolute atomic E-state index is 0.254. The topological polar surface area (TPSA) is 90.7 Å². The zero-order valence-corrected chi connectivity index (χ0v) is 13.6. The summed E-state index contributed by atoms with van der Waals surface area (Å²) >= 11 is 0. The van der Waals surface area contributed by atoms with Crippen LogP contribution in [0, 0.1) is 0 Å². The molecule has 2 aromatic carbocycles. The first-order valence-electron chi connectivity index (χ1n) is 7.46. The van der Waals surface area contributed by atoms with Crippen molar-refractivity contribution in [3.05, 3.63) is 59.7 Å². The summed E-state index contributed by atoms with van der Waals surface area (Å²) in [5.41, 5.74) is 6.43. The van der Waals surface area contributed by atoms with E-state index in [9.17, 15) is 9.59 Å². The number of nitrogens with one attached hydrogen (secondary N) is 1. The first-order chi connectivity index (χ1) is 11.5. The van der Waals surface area contributed by atoms with Gasteiger partial charge in [0.25, 0.3) is 5.91 Å². The van der Waals surface area contributed by atoms with Crippen LogP contribution in [0.15, 0.2) is 48.5 Å². The Hall–Kier alpha value is -3.02. The van der Waals surface area contributed by atoms with Gasteiger partial charge in [0.05, 0.1) is 7.11 Å². The summed E-state index contributed by atoms with van der Waals surface area (Å²) in [7, 11) is 1.58. The lowest BCUT2D eigenvalue weighted by atomic mass is 10.1. The molecule has 6 heteroatoms. The number of carbonyl (C=O) groups is 2. The zero-order valence-electron chi connectivity index (χ0n) is 13.6. The molecule has 2 aromatic rings. The Morgan fingerprint density at radius 3 is 2.42 bits per heavy atom. The van der Waals surface area contributed by atoms with Crippen LogP contribution < -0.4 is 20.5 Å². The maximum atomic E-state index is 12.1. The van der Waals surface area contributed by atoms with Crippen LogP contribution in [-0.4, -0.2) is 25.0 Å². The number of ether oxygens (including phenoxy) is 2. The average molecular weight is 328 g/mol. The van der Waals surface area contributed by atoms with Crippen molar-refractivity contribution < 1.29 is 19.1 Å². The van der Waals surface area contributed by atoms with E-state index >= 15 is 0 Å². The molecule has 2 rings (SSSR count). The molecule has 0 heterocycles. The molecule has 0 bridgehead atoms. The molecular weight excluding hydrogens is 308 g/mol. The molecule has 0 saturated carbocycles. The molecule has 0 spiro atoms. The van der Waals surface area contributed by atoms with E-state index < -0.39 is 12.0 Å². The maximum Gasteiger partial charge on any atom is 0.261 e. The summed E-state index contributed by atoms with van der Waals surface area (Å²) in [6, 6.07) is 13.8. The zero-order chi connectivity index (χ0) is 17.5. The fourth-order valence-electron chi connectivity index (χ4n) is 2.08. The summed E-state index contributed by atoms with van der Waals surface area (Å²) in [6.45, 7) is 1.95. The Kier molecular flexibility index (Phi) is 5.78. The quantitative estimate of drug-likeness (QED) is 0.812. The van der Waals surface area contributed by atoms with Gasteiger partial charge in [-0.2, -0.15) is 0 Å². The molecule has 0 aromatic heterocycles. The van der Waals surface area contributed by atoms with Crippen molar-refractivity contribution in [2.45, 2.75) is 19.6 Å². The lowest BCUT2D eigenvalue weighted by Gasteiger charge is -2.15. The molecule has 0 radical (unpaired) electrons. The van der Waals surface area contributed by atoms with Crippen molar-refractivity contribution in [3.63, 3.8) is 0 Å². The first kappa shape index (κ1) is 17.3. The summed E-state index contributed by atoms with van der Waals surface area (Å²) in [6.07, 6.45) is -0.655. The number of amides is 2. The molecule has 3 N–H and O–H groups in total. The number of methoxy groups -OCH3 is 1. The Morgan fingerprint density at radius 2 is 1.79 bits per heavy atom. The van der Waals surface area contributed by atoms with Crippen molar-refractivity contribution in [2.75, 3.05) is 7.11 Å². The predicted molar refractivity (Wildman–Crippen MR) is 89.9 cm³/mol. The predicted octanol–water partition coefficient (Wildman–Crippen LogP) is 1.88. The largest absolute Gasteiger partial charge is 0.497 e. The molecule has 6 nitrogen and oxygen atoms in total. The first-order valence-corrected chi connectivity index (χ1v) is 7.46. The highest BCUT2D eigenvalue weighted by Crippen LogP contribution is 2.18. The summed E-state index contributed by atoms with van der Waals surface area (Å²) in [5.74, 6) is 0.539. The van der Waals surface area contributed by atoms with Crippen LogP contribution in [0.25, 0.3) is 0 Å². The van der Waals surface area contributed by atoms with Gasteiger partial charge in [-0.1, -0.05) is 12.1 Å². The van der Waals surface area contributed by atoms with Gasteiger partial charge in [-0.05, 0) is 48.9 Å². The molecule has 0 aliphatic heterocycles. The van der Waals surface area contributed by atoms with Gasteiger partial charge in [-0.15, -0.1) is 0 Å².